The van der Waals surface area contributed by atoms with E-state index in [1.165, 1.54) is 0 Å². The Bertz CT molecular complexity index is 614. The maximum Gasteiger partial charge on any atom is 0.234 e. The van der Waals surface area contributed by atoms with Gasteiger partial charge in [-0.25, -0.2) is 8.42 Å². The number of H-pyrrole nitrogens is 1. The fourth-order valence-corrected chi connectivity index (χ4v) is 5.01. The topological polar surface area (TPSA) is 95.2 Å². The van der Waals surface area contributed by atoms with Crippen molar-refractivity contribution in [3.05, 3.63) is 18.0 Å². The lowest BCUT2D eigenvalue weighted by Gasteiger charge is -2.31. The van der Waals surface area contributed by atoms with Gasteiger partial charge >= 0.3 is 0 Å². The van der Waals surface area contributed by atoms with Crippen LogP contribution in [0.5, 0.6) is 0 Å². The normalized spacial score (nSPS) is 28.5. The number of hydrogen-bond donors (Lipinski definition) is 2. The zero-order chi connectivity index (χ0) is 15.6. The molecule has 0 radical (unpaired) electrons. The van der Waals surface area contributed by atoms with Crippen LogP contribution in [0.15, 0.2) is 12.3 Å². The van der Waals surface area contributed by atoms with E-state index in [-0.39, 0.29) is 23.5 Å². The van der Waals surface area contributed by atoms with E-state index in [0.717, 1.165) is 31.6 Å². The standard InChI is InChI=1S/C14H22N4O3S/c19-14(16-12-4-7-22(20,21)10-12)9-18-6-1-2-11(8-18)13-3-5-15-17-13/h3,5,11-12H,1-2,4,6-10H2,(H,15,17)(H,16,19)/t11-,12+/m0/s1. The molecule has 2 aliphatic rings. The van der Waals surface area contributed by atoms with Gasteiger partial charge in [0.25, 0.3) is 0 Å². The van der Waals surface area contributed by atoms with Gasteiger partial charge < -0.3 is 5.32 Å². The van der Waals surface area contributed by atoms with Crippen molar-refractivity contribution in [1.82, 2.24) is 20.4 Å². The zero-order valence-corrected chi connectivity index (χ0v) is 13.3. The van der Waals surface area contributed by atoms with E-state index in [4.69, 9.17) is 0 Å². The minimum Gasteiger partial charge on any atom is -0.351 e. The molecule has 2 fully saturated rings. The van der Waals surface area contributed by atoms with Gasteiger partial charge in [-0.15, -0.1) is 0 Å². The minimum absolute atomic E-state index is 0.0765. The van der Waals surface area contributed by atoms with Gasteiger partial charge in [-0.2, -0.15) is 5.10 Å². The Kier molecular flexibility index (Phi) is 4.49. The molecule has 8 heteroatoms. The molecule has 2 aliphatic heterocycles. The number of aromatic amines is 1. The van der Waals surface area contributed by atoms with E-state index in [2.05, 4.69) is 20.4 Å². The van der Waals surface area contributed by atoms with Crippen molar-refractivity contribution < 1.29 is 13.2 Å². The van der Waals surface area contributed by atoms with Gasteiger partial charge in [0, 0.05) is 30.4 Å². The molecule has 0 spiro atoms. The number of hydrogen-bond acceptors (Lipinski definition) is 5. The lowest BCUT2D eigenvalue weighted by molar-refractivity contribution is -0.123. The second-order valence-corrected chi connectivity index (χ2v) is 8.48. The molecule has 2 N–H and O–H groups in total. The first-order valence-corrected chi connectivity index (χ1v) is 9.55. The predicted octanol–water partition coefficient (Wildman–Crippen LogP) is -0.108. The van der Waals surface area contributed by atoms with Crippen LogP contribution in [0.3, 0.4) is 0 Å². The van der Waals surface area contributed by atoms with Crippen molar-refractivity contribution in [1.29, 1.82) is 0 Å². The number of nitrogens with zero attached hydrogens (tertiary/aromatic N) is 2. The summed E-state index contributed by atoms with van der Waals surface area (Å²) in [4.78, 5) is 14.2. The third-order valence-electron chi connectivity index (χ3n) is 4.43. The molecule has 0 aromatic carbocycles. The van der Waals surface area contributed by atoms with Crippen molar-refractivity contribution in [2.45, 2.75) is 31.2 Å². The van der Waals surface area contributed by atoms with E-state index < -0.39 is 9.84 Å². The quantitative estimate of drug-likeness (QED) is 0.805. The summed E-state index contributed by atoms with van der Waals surface area (Å²) in [6, 6.07) is 1.77. The van der Waals surface area contributed by atoms with Crippen molar-refractivity contribution >= 4 is 15.7 Å². The number of carbonyl (C=O) groups excluding carboxylic acids is 1. The molecule has 3 heterocycles. The fraction of sp³-hybridized carbons (Fsp3) is 0.714. The first-order valence-electron chi connectivity index (χ1n) is 7.73. The van der Waals surface area contributed by atoms with Gasteiger partial charge in [-0.3, -0.25) is 14.8 Å². The average molecular weight is 326 g/mol. The zero-order valence-electron chi connectivity index (χ0n) is 12.5. The summed E-state index contributed by atoms with van der Waals surface area (Å²) in [6.45, 7) is 2.07. The first-order chi connectivity index (χ1) is 10.5. The minimum atomic E-state index is -2.95. The smallest absolute Gasteiger partial charge is 0.234 e. The Morgan fingerprint density at radius 1 is 1.45 bits per heavy atom. The van der Waals surface area contributed by atoms with E-state index >= 15 is 0 Å². The van der Waals surface area contributed by atoms with Crippen LogP contribution in [-0.2, 0) is 14.6 Å². The summed E-state index contributed by atoms with van der Waals surface area (Å²) in [5.41, 5.74) is 1.12. The molecular formula is C14H22N4O3S. The molecule has 7 nitrogen and oxygen atoms in total. The number of likely N-dealkylation sites (tertiary alicyclic amines) is 1. The number of rotatable bonds is 4. The number of sulfone groups is 1. The summed E-state index contributed by atoms with van der Waals surface area (Å²) in [6.07, 6.45) is 4.43. The Morgan fingerprint density at radius 2 is 2.32 bits per heavy atom. The van der Waals surface area contributed by atoms with E-state index in [0.29, 0.717) is 18.9 Å². The SMILES string of the molecule is O=C(CN1CCC[C@H](c2ccn[nH]2)C1)N[C@@H]1CCS(=O)(=O)C1. The Balaban J connectivity index is 1.49. The molecule has 2 atom stereocenters. The summed E-state index contributed by atoms with van der Waals surface area (Å²) in [7, 11) is -2.95. The molecule has 0 unspecified atom stereocenters. The highest BCUT2D eigenvalue weighted by molar-refractivity contribution is 7.91. The lowest BCUT2D eigenvalue weighted by Crippen LogP contribution is -2.45. The molecule has 122 valence electrons. The highest BCUT2D eigenvalue weighted by Gasteiger charge is 2.30. The van der Waals surface area contributed by atoms with Crippen LogP contribution >= 0.6 is 0 Å². The van der Waals surface area contributed by atoms with Crippen molar-refractivity contribution in [3.8, 4) is 0 Å². The lowest BCUT2D eigenvalue weighted by atomic mass is 9.95. The van der Waals surface area contributed by atoms with Gasteiger partial charge in [0.1, 0.15) is 0 Å². The first kappa shape index (κ1) is 15.5. The van der Waals surface area contributed by atoms with Gasteiger partial charge in [-0.05, 0) is 31.9 Å². The Labute approximate surface area is 130 Å². The van der Waals surface area contributed by atoms with Crippen LogP contribution in [-0.4, -0.2) is 66.6 Å². The Hall–Kier alpha value is -1.41. The largest absolute Gasteiger partial charge is 0.351 e. The number of piperidine rings is 1. The van der Waals surface area contributed by atoms with Crippen molar-refractivity contribution in [2.75, 3.05) is 31.1 Å². The van der Waals surface area contributed by atoms with Crippen molar-refractivity contribution in [2.24, 2.45) is 0 Å². The number of carbonyl (C=O) groups is 1. The maximum atomic E-state index is 12.1. The molecule has 22 heavy (non-hydrogen) atoms. The predicted molar refractivity (Wildman–Crippen MR) is 82.2 cm³/mol. The van der Waals surface area contributed by atoms with E-state index in [9.17, 15) is 13.2 Å². The van der Waals surface area contributed by atoms with E-state index in [1.54, 1.807) is 6.20 Å². The van der Waals surface area contributed by atoms with Crippen LogP contribution in [0.1, 0.15) is 30.9 Å². The maximum absolute atomic E-state index is 12.1. The Morgan fingerprint density at radius 3 is 3.00 bits per heavy atom. The van der Waals surface area contributed by atoms with Crippen LogP contribution in [0.2, 0.25) is 0 Å². The highest BCUT2D eigenvalue weighted by atomic mass is 32.2. The second kappa shape index (κ2) is 6.37. The molecule has 0 aliphatic carbocycles. The molecule has 1 amide bonds. The number of aromatic nitrogens is 2. The molecule has 1 aromatic rings. The average Bonchev–Trinajstić information content (AvgIpc) is 3.09. The molecular weight excluding hydrogens is 304 g/mol. The van der Waals surface area contributed by atoms with Crippen molar-refractivity contribution in [3.63, 3.8) is 0 Å². The summed E-state index contributed by atoms with van der Waals surface area (Å²) in [5, 5.41) is 9.84. The van der Waals surface area contributed by atoms with Crippen LogP contribution in [0, 0.1) is 0 Å². The third kappa shape index (κ3) is 3.86. The van der Waals surface area contributed by atoms with Gasteiger partial charge in [0.15, 0.2) is 9.84 Å². The molecule has 2 saturated heterocycles. The monoisotopic (exact) mass is 326 g/mol. The number of amides is 1. The van der Waals surface area contributed by atoms with Gasteiger partial charge in [0.05, 0.1) is 18.1 Å². The highest BCUT2D eigenvalue weighted by Crippen LogP contribution is 2.24. The van der Waals surface area contributed by atoms with Gasteiger partial charge in [0.2, 0.25) is 5.91 Å². The molecule has 0 saturated carbocycles. The van der Waals surface area contributed by atoms with Crippen LogP contribution < -0.4 is 5.32 Å². The number of nitrogens with one attached hydrogen (secondary N) is 2. The van der Waals surface area contributed by atoms with Crippen LogP contribution in [0.25, 0.3) is 0 Å². The molecule has 0 bridgehead atoms. The molecule has 3 rings (SSSR count). The fourth-order valence-electron chi connectivity index (χ4n) is 3.33. The summed E-state index contributed by atoms with van der Waals surface area (Å²) >= 11 is 0. The third-order valence-corrected chi connectivity index (χ3v) is 6.20. The van der Waals surface area contributed by atoms with Gasteiger partial charge in [-0.1, -0.05) is 0 Å². The summed E-state index contributed by atoms with van der Waals surface area (Å²) < 4.78 is 22.8. The molecule has 1 aromatic heterocycles. The second-order valence-electron chi connectivity index (χ2n) is 6.25. The summed E-state index contributed by atoms with van der Waals surface area (Å²) in [5.74, 6) is 0.572. The van der Waals surface area contributed by atoms with Crippen LogP contribution in [0.4, 0.5) is 0 Å². The van der Waals surface area contributed by atoms with E-state index in [1.807, 2.05) is 6.07 Å².